The van der Waals surface area contributed by atoms with Crippen LogP contribution in [0.4, 0.5) is 0 Å². The predicted molar refractivity (Wildman–Crippen MR) is 66.5 cm³/mol. The molecule has 5 heteroatoms. The lowest BCUT2D eigenvalue weighted by atomic mass is 10.2. The fourth-order valence-electron chi connectivity index (χ4n) is 2.48. The molecular weight excluding hydrogens is 232 g/mol. The predicted octanol–water partition coefficient (Wildman–Crippen LogP) is 2.01. The zero-order chi connectivity index (χ0) is 12.7. The van der Waals surface area contributed by atoms with Gasteiger partial charge in [0, 0.05) is 25.2 Å². The Balaban J connectivity index is 1.83. The number of aromatic nitrogens is 1. The summed E-state index contributed by atoms with van der Waals surface area (Å²) in [5.41, 5.74) is 2.14. The summed E-state index contributed by atoms with van der Waals surface area (Å²) in [7, 11) is 0. The highest BCUT2D eigenvalue weighted by molar-refractivity contribution is 5.96. The highest BCUT2D eigenvalue weighted by Gasteiger charge is 2.27. The number of carbonyl (C=O) groups excluding carboxylic acids is 1. The van der Waals surface area contributed by atoms with Gasteiger partial charge in [-0.3, -0.25) is 4.79 Å². The molecule has 0 aromatic carbocycles. The molecule has 1 aliphatic heterocycles. The van der Waals surface area contributed by atoms with E-state index in [-0.39, 0.29) is 18.1 Å². The van der Waals surface area contributed by atoms with Crippen molar-refractivity contribution in [2.75, 3.05) is 13.1 Å². The quantitative estimate of drug-likeness (QED) is 0.839. The number of fused-ring (bicyclic) bond motifs is 1. The van der Waals surface area contributed by atoms with E-state index in [9.17, 15) is 4.79 Å². The Morgan fingerprint density at radius 2 is 2.11 bits per heavy atom. The van der Waals surface area contributed by atoms with E-state index in [2.05, 4.69) is 4.98 Å². The second kappa shape index (κ2) is 4.17. The zero-order valence-corrected chi connectivity index (χ0v) is 10.5. The Morgan fingerprint density at radius 3 is 2.78 bits per heavy atom. The van der Waals surface area contributed by atoms with Crippen molar-refractivity contribution in [3.05, 3.63) is 24.1 Å². The molecule has 5 nitrogen and oxygen atoms in total. The first kappa shape index (κ1) is 11.3. The van der Waals surface area contributed by atoms with Crippen molar-refractivity contribution < 1.29 is 13.9 Å². The molecular formula is C13H16N2O3. The maximum atomic E-state index is 12.4. The maximum Gasteiger partial charge on any atom is 0.270 e. The third kappa shape index (κ3) is 1.90. The van der Waals surface area contributed by atoms with E-state index in [0.717, 1.165) is 5.52 Å². The van der Waals surface area contributed by atoms with Gasteiger partial charge in [-0.05, 0) is 13.8 Å². The molecule has 96 valence electrons. The molecule has 3 rings (SSSR count). The van der Waals surface area contributed by atoms with E-state index in [4.69, 9.17) is 9.15 Å². The summed E-state index contributed by atoms with van der Waals surface area (Å²) in [4.78, 5) is 17.3. The fourth-order valence-corrected chi connectivity index (χ4v) is 2.48. The standard InChI is InChI=1S/C13H16N2O3/c1-8-6-15(7-9(2)18-8)13(16)11-5-12-10(14-11)3-4-17-12/h3-5,8-9,14H,6-7H2,1-2H3. The molecule has 1 aliphatic rings. The van der Waals surface area contributed by atoms with Crippen molar-refractivity contribution in [3.8, 4) is 0 Å². The Kier molecular flexibility index (Phi) is 2.63. The molecule has 1 N–H and O–H groups in total. The number of morpholine rings is 1. The van der Waals surface area contributed by atoms with Crippen molar-refractivity contribution in [1.82, 2.24) is 9.88 Å². The van der Waals surface area contributed by atoms with Crippen molar-refractivity contribution in [1.29, 1.82) is 0 Å². The van der Waals surface area contributed by atoms with Crippen LogP contribution in [-0.2, 0) is 4.74 Å². The Hall–Kier alpha value is -1.75. The van der Waals surface area contributed by atoms with Gasteiger partial charge in [0.2, 0.25) is 0 Å². The first-order chi connectivity index (χ1) is 8.63. The van der Waals surface area contributed by atoms with Crippen LogP contribution in [0.2, 0.25) is 0 Å². The zero-order valence-electron chi connectivity index (χ0n) is 10.5. The van der Waals surface area contributed by atoms with Gasteiger partial charge >= 0.3 is 0 Å². The number of hydrogen-bond donors (Lipinski definition) is 1. The van der Waals surface area contributed by atoms with Crippen LogP contribution in [0.1, 0.15) is 24.3 Å². The van der Waals surface area contributed by atoms with Gasteiger partial charge in [-0.1, -0.05) is 0 Å². The lowest BCUT2D eigenvalue weighted by Crippen LogP contribution is -2.48. The average Bonchev–Trinajstić information content (AvgIpc) is 2.86. The normalized spacial score (nSPS) is 24.7. The molecule has 2 aromatic rings. The lowest BCUT2D eigenvalue weighted by Gasteiger charge is -2.35. The third-order valence-corrected chi connectivity index (χ3v) is 3.18. The van der Waals surface area contributed by atoms with Crippen LogP contribution < -0.4 is 0 Å². The number of hydrogen-bond acceptors (Lipinski definition) is 3. The minimum Gasteiger partial charge on any atom is -0.463 e. The Bertz CT molecular complexity index is 533. The summed E-state index contributed by atoms with van der Waals surface area (Å²) in [6, 6.07) is 3.57. The molecule has 1 fully saturated rings. The molecule has 0 aliphatic carbocycles. The van der Waals surface area contributed by atoms with Gasteiger partial charge in [-0.15, -0.1) is 0 Å². The molecule has 0 spiro atoms. The van der Waals surface area contributed by atoms with Crippen LogP contribution >= 0.6 is 0 Å². The number of furan rings is 1. The first-order valence-electron chi connectivity index (χ1n) is 6.14. The maximum absolute atomic E-state index is 12.4. The highest BCUT2D eigenvalue weighted by atomic mass is 16.5. The van der Waals surface area contributed by atoms with E-state index in [1.807, 2.05) is 24.8 Å². The Morgan fingerprint density at radius 1 is 1.39 bits per heavy atom. The summed E-state index contributed by atoms with van der Waals surface area (Å²) in [6.07, 6.45) is 1.76. The van der Waals surface area contributed by atoms with Crippen LogP contribution in [0, 0.1) is 0 Å². The van der Waals surface area contributed by atoms with Gasteiger partial charge in [0.1, 0.15) is 5.69 Å². The van der Waals surface area contributed by atoms with Crippen LogP contribution in [0.25, 0.3) is 11.1 Å². The number of ether oxygens (including phenoxy) is 1. The first-order valence-corrected chi connectivity index (χ1v) is 6.14. The smallest absolute Gasteiger partial charge is 0.270 e. The number of H-pyrrole nitrogens is 1. The van der Waals surface area contributed by atoms with Crippen LogP contribution in [0.3, 0.4) is 0 Å². The molecule has 2 atom stereocenters. The number of amides is 1. The van der Waals surface area contributed by atoms with Crippen molar-refractivity contribution in [2.45, 2.75) is 26.1 Å². The van der Waals surface area contributed by atoms with Gasteiger partial charge in [-0.25, -0.2) is 0 Å². The molecule has 0 bridgehead atoms. The van der Waals surface area contributed by atoms with Crippen molar-refractivity contribution in [3.63, 3.8) is 0 Å². The summed E-state index contributed by atoms with van der Waals surface area (Å²) in [5, 5.41) is 0. The number of nitrogens with zero attached hydrogens (tertiary/aromatic N) is 1. The monoisotopic (exact) mass is 248 g/mol. The van der Waals surface area contributed by atoms with E-state index in [0.29, 0.717) is 24.4 Å². The average molecular weight is 248 g/mol. The van der Waals surface area contributed by atoms with Gasteiger partial charge in [-0.2, -0.15) is 0 Å². The van der Waals surface area contributed by atoms with E-state index >= 15 is 0 Å². The Labute approximate surface area is 105 Å². The minimum absolute atomic E-state index is 0.00315. The largest absolute Gasteiger partial charge is 0.463 e. The SMILES string of the molecule is CC1CN(C(=O)c2cc3occc3[nH]2)CC(C)O1. The second-order valence-corrected chi connectivity index (χ2v) is 4.85. The summed E-state index contributed by atoms with van der Waals surface area (Å²) in [5.74, 6) is 0.00315. The minimum atomic E-state index is 0.00315. The number of rotatable bonds is 1. The molecule has 2 aromatic heterocycles. The topological polar surface area (TPSA) is 58.5 Å². The van der Waals surface area contributed by atoms with Gasteiger partial charge in [0.25, 0.3) is 5.91 Å². The van der Waals surface area contributed by atoms with Gasteiger partial charge < -0.3 is 19.0 Å². The molecule has 3 heterocycles. The summed E-state index contributed by atoms with van der Waals surface area (Å²) < 4.78 is 10.9. The second-order valence-electron chi connectivity index (χ2n) is 4.85. The molecule has 1 amide bonds. The molecule has 1 saturated heterocycles. The summed E-state index contributed by atoms with van der Waals surface area (Å²) in [6.45, 7) is 5.22. The van der Waals surface area contributed by atoms with E-state index < -0.39 is 0 Å². The number of carbonyl (C=O) groups is 1. The number of nitrogens with one attached hydrogen (secondary N) is 1. The van der Waals surface area contributed by atoms with Crippen molar-refractivity contribution >= 4 is 17.0 Å². The van der Waals surface area contributed by atoms with Crippen LogP contribution in [-0.4, -0.2) is 41.1 Å². The summed E-state index contributed by atoms with van der Waals surface area (Å²) >= 11 is 0. The lowest BCUT2D eigenvalue weighted by molar-refractivity contribution is -0.0587. The van der Waals surface area contributed by atoms with E-state index in [1.54, 1.807) is 12.3 Å². The molecule has 0 saturated carbocycles. The van der Waals surface area contributed by atoms with Crippen LogP contribution in [0.15, 0.2) is 22.8 Å². The number of aromatic amines is 1. The molecule has 2 unspecified atom stereocenters. The van der Waals surface area contributed by atoms with E-state index in [1.165, 1.54) is 0 Å². The van der Waals surface area contributed by atoms with Crippen LogP contribution in [0.5, 0.6) is 0 Å². The van der Waals surface area contributed by atoms with Crippen molar-refractivity contribution in [2.24, 2.45) is 0 Å². The third-order valence-electron chi connectivity index (χ3n) is 3.18. The highest BCUT2D eigenvalue weighted by Crippen LogP contribution is 2.19. The fraction of sp³-hybridized carbons (Fsp3) is 0.462. The van der Waals surface area contributed by atoms with Gasteiger partial charge in [0.05, 0.1) is 24.0 Å². The molecule has 0 radical (unpaired) electrons. The van der Waals surface area contributed by atoms with Gasteiger partial charge in [0.15, 0.2) is 5.58 Å². The molecule has 18 heavy (non-hydrogen) atoms.